The van der Waals surface area contributed by atoms with E-state index >= 15 is 0 Å². The Labute approximate surface area is 245 Å². The Morgan fingerprint density at radius 2 is 0.542 bits per heavy atom. The van der Waals surface area contributed by atoms with E-state index in [1.54, 1.807) is 0 Å². The molecule has 0 aromatic carbocycles. The Bertz CT molecular complexity index is 1310. The standard InChI is InChI=1S/C14HClF28O4S/c15-11(36,37)9(32,33)7(28,29)5(24,25)3(20,21)1(16,17)2(18,19)4(22,23)6(26,27)8(30,31)10(34,35)12(38,39)47-13(40,41)14(42,43)48(44,45)46/h(H,44,45,46)/p-1. The predicted molar refractivity (Wildman–Crippen MR) is 85.9 cm³/mol. The summed E-state index contributed by atoms with van der Waals surface area (Å²) in [5, 5.41) is -15.2. The van der Waals surface area contributed by atoms with Crippen molar-refractivity contribution in [2.45, 2.75) is 82.1 Å². The van der Waals surface area contributed by atoms with E-state index in [1.165, 1.54) is 0 Å². The van der Waals surface area contributed by atoms with Gasteiger partial charge in [0.1, 0.15) is 0 Å². The average Bonchev–Trinajstić information content (AvgIpc) is 2.80. The van der Waals surface area contributed by atoms with E-state index in [0.29, 0.717) is 0 Å². The molecule has 290 valence electrons. The van der Waals surface area contributed by atoms with E-state index < -0.39 is 92.2 Å². The van der Waals surface area contributed by atoms with E-state index in [-0.39, 0.29) is 0 Å². The van der Waals surface area contributed by atoms with Gasteiger partial charge in [-0.05, 0) is 11.6 Å². The van der Waals surface area contributed by atoms with Crippen molar-refractivity contribution in [1.82, 2.24) is 0 Å². The molecule has 0 heterocycles. The van der Waals surface area contributed by atoms with Gasteiger partial charge < -0.3 is 4.55 Å². The minimum atomic E-state index is -9.94. The van der Waals surface area contributed by atoms with Gasteiger partial charge >= 0.3 is 82.1 Å². The first-order valence-electron chi connectivity index (χ1n) is 9.59. The monoisotopic (exact) mass is 831 g/mol. The first kappa shape index (κ1) is 46.2. The number of ether oxygens (including phenoxy) is 1. The highest BCUT2D eigenvalue weighted by Gasteiger charge is 2.99. The van der Waals surface area contributed by atoms with Crippen LogP contribution in [0.5, 0.6) is 0 Å². The van der Waals surface area contributed by atoms with Crippen LogP contribution in [0.15, 0.2) is 0 Å². The molecule has 0 saturated carbocycles. The van der Waals surface area contributed by atoms with Gasteiger partial charge in [0.05, 0.1) is 0 Å². The maximum Gasteiger partial charge on any atom is 0.438 e. The minimum Gasteiger partial charge on any atom is -0.743 e. The zero-order valence-corrected chi connectivity index (χ0v) is 21.6. The molecule has 0 radical (unpaired) electrons. The summed E-state index contributed by atoms with van der Waals surface area (Å²) in [6.45, 7) is 0. The Morgan fingerprint density at radius 3 is 0.729 bits per heavy atom. The molecule has 0 spiro atoms. The molecule has 0 rings (SSSR count). The predicted octanol–water partition coefficient (Wildman–Crippen LogP) is 8.51. The van der Waals surface area contributed by atoms with E-state index in [9.17, 15) is 136 Å². The van der Waals surface area contributed by atoms with Gasteiger partial charge in [-0.1, -0.05) is 0 Å². The summed E-state index contributed by atoms with van der Waals surface area (Å²) in [5.74, 6) is -95.3. The van der Waals surface area contributed by atoms with Crippen molar-refractivity contribution in [3.05, 3.63) is 0 Å². The van der Waals surface area contributed by atoms with Gasteiger partial charge in [-0.3, -0.25) is 0 Å². The van der Waals surface area contributed by atoms with E-state index in [4.69, 9.17) is 0 Å². The van der Waals surface area contributed by atoms with Gasteiger partial charge in [-0.25, -0.2) is 13.2 Å². The molecule has 0 aromatic heterocycles. The van der Waals surface area contributed by atoms with Gasteiger partial charge in [0.25, 0.3) is 0 Å². The Kier molecular flexibility index (Phi) is 10.7. The van der Waals surface area contributed by atoms with Crippen molar-refractivity contribution in [3.8, 4) is 0 Å². The highest BCUT2D eigenvalue weighted by molar-refractivity contribution is 7.86. The van der Waals surface area contributed by atoms with Crippen LogP contribution in [0.3, 0.4) is 0 Å². The van der Waals surface area contributed by atoms with Crippen LogP contribution in [-0.4, -0.2) is 95.0 Å². The van der Waals surface area contributed by atoms with Crippen LogP contribution in [-0.2, 0) is 14.9 Å². The highest BCUT2D eigenvalue weighted by Crippen LogP contribution is 2.68. The molecular formula is C14ClF28O4S-. The van der Waals surface area contributed by atoms with Crippen molar-refractivity contribution in [1.29, 1.82) is 0 Å². The van der Waals surface area contributed by atoms with Crippen LogP contribution in [0.4, 0.5) is 123 Å². The van der Waals surface area contributed by atoms with Gasteiger partial charge in [-0.15, -0.1) is 0 Å². The zero-order valence-electron chi connectivity index (χ0n) is 20.0. The Balaban J connectivity index is 7.45. The van der Waals surface area contributed by atoms with Crippen LogP contribution < -0.4 is 0 Å². The number of halogens is 29. The van der Waals surface area contributed by atoms with Gasteiger partial charge in [0.15, 0.2) is 10.1 Å². The van der Waals surface area contributed by atoms with Crippen LogP contribution in [0.2, 0.25) is 0 Å². The topological polar surface area (TPSA) is 66.4 Å². The fourth-order valence-electron chi connectivity index (χ4n) is 2.37. The highest BCUT2D eigenvalue weighted by atomic mass is 35.5. The quantitative estimate of drug-likeness (QED) is 0.0944. The van der Waals surface area contributed by atoms with Crippen molar-refractivity contribution < 1.29 is 141 Å². The Morgan fingerprint density at radius 1 is 0.354 bits per heavy atom. The molecule has 4 nitrogen and oxygen atoms in total. The number of rotatable bonds is 15. The summed E-state index contributed by atoms with van der Waals surface area (Å²) in [6.07, 6.45) is -17.1. The van der Waals surface area contributed by atoms with Crippen LogP contribution in [0.1, 0.15) is 0 Å². The molecule has 0 atom stereocenters. The Hall–Kier alpha value is -1.80. The molecule has 0 aliphatic rings. The van der Waals surface area contributed by atoms with Crippen molar-refractivity contribution in [2.24, 2.45) is 0 Å². The van der Waals surface area contributed by atoms with Gasteiger partial charge in [0.2, 0.25) is 0 Å². The molecule has 0 aliphatic carbocycles. The fourth-order valence-corrected chi connectivity index (χ4v) is 2.82. The first-order valence-corrected chi connectivity index (χ1v) is 11.4. The molecule has 0 aromatic rings. The van der Waals surface area contributed by atoms with Gasteiger partial charge in [-0.2, -0.15) is 123 Å². The summed E-state index contributed by atoms with van der Waals surface area (Å²) in [4.78, 5) is 0. The third kappa shape index (κ3) is 5.62. The normalized spacial score (nSPS) is 17.2. The number of hydrogen-bond donors (Lipinski definition) is 0. The molecule has 0 fully saturated rings. The smallest absolute Gasteiger partial charge is 0.438 e. The molecule has 48 heavy (non-hydrogen) atoms. The third-order valence-electron chi connectivity index (χ3n) is 5.18. The van der Waals surface area contributed by atoms with Crippen LogP contribution in [0, 0.1) is 0 Å². The maximum absolute atomic E-state index is 13.7. The molecule has 0 saturated heterocycles. The minimum absolute atomic E-state index is 0.839. The molecule has 0 amide bonds. The lowest BCUT2D eigenvalue weighted by Gasteiger charge is -2.45. The summed E-state index contributed by atoms with van der Waals surface area (Å²) >= 11 is 3.16. The molecule has 0 unspecified atom stereocenters. The number of hydrogen-bond acceptors (Lipinski definition) is 4. The SMILES string of the molecule is O=S(=O)([O-])C(F)(F)C(F)(F)OC(F)(F)C(F)(F)C(F)(F)C(F)(F)C(F)(F)C(F)(F)C(F)(F)C(F)(F)C(F)(F)C(F)(F)C(F)(F)C(F)(F)Cl. The largest absolute Gasteiger partial charge is 0.743 e. The second-order valence-corrected chi connectivity index (χ2v) is 10.2. The zero-order chi connectivity index (χ0) is 40.2. The van der Waals surface area contributed by atoms with Gasteiger partial charge in [0, 0.05) is 0 Å². The van der Waals surface area contributed by atoms with Crippen LogP contribution >= 0.6 is 11.6 Å². The second-order valence-electron chi connectivity index (χ2n) is 8.35. The third-order valence-corrected chi connectivity index (χ3v) is 6.28. The van der Waals surface area contributed by atoms with Crippen LogP contribution in [0.25, 0.3) is 0 Å². The lowest BCUT2D eigenvalue weighted by Crippen LogP contribution is -2.78. The van der Waals surface area contributed by atoms with Crippen molar-refractivity contribution in [2.75, 3.05) is 0 Å². The van der Waals surface area contributed by atoms with E-state index in [0.717, 1.165) is 4.74 Å². The lowest BCUT2D eigenvalue weighted by molar-refractivity contribution is -0.508. The fraction of sp³-hybridized carbons (Fsp3) is 1.00. The molecular weight excluding hydrogens is 832 g/mol. The summed E-state index contributed by atoms with van der Waals surface area (Å²) in [5.41, 5.74) is 0. The summed E-state index contributed by atoms with van der Waals surface area (Å²) < 4.78 is 404. The lowest BCUT2D eigenvalue weighted by atomic mass is 9.85. The number of alkyl halides is 29. The van der Waals surface area contributed by atoms with Crippen molar-refractivity contribution in [3.63, 3.8) is 0 Å². The van der Waals surface area contributed by atoms with E-state index in [2.05, 4.69) is 11.6 Å². The van der Waals surface area contributed by atoms with E-state index in [1.807, 2.05) is 0 Å². The maximum atomic E-state index is 13.7. The summed E-state index contributed by atoms with van der Waals surface area (Å²) in [7, 11) is -8.21. The average molecular weight is 832 g/mol. The molecule has 0 aliphatic heterocycles. The first-order chi connectivity index (χ1) is 20.0. The molecule has 0 bridgehead atoms. The molecule has 34 heteroatoms. The summed E-state index contributed by atoms with van der Waals surface area (Å²) in [6, 6.07) is 0. The van der Waals surface area contributed by atoms with Crippen molar-refractivity contribution >= 4 is 21.7 Å². The molecule has 0 N–H and O–H groups in total. The second kappa shape index (κ2) is 11.1.